The fourth-order valence-electron chi connectivity index (χ4n) is 2.45. The maximum absolute atomic E-state index is 5.53. The van der Waals surface area contributed by atoms with E-state index in [9.17, 15) is 0 Å². The topological polar surface area (TPSA) is 24.5 Å². The molecular weight excluding hydrogens is 248 g/mol. The minimum absolute atomic E-state index is 0.363. The molecule has 0 radical (unpaired) electrons. The Morgan fingerprint density at radius 3 is 2.90 bits per heavy atom. The maximum atomic E-state index is 5.53. The molecule has 0 amide bonds. The van der Waals surface area contributed by atoms with Crippen LogP contribution >= 0.6 is 0 Å². The van der Waals surface area contributed by atoms with E-state index in [0.29, 0.717) is 6.10 Å². The Bertz CT molecular complexity index is 391. The normalized spacial score (nSPS) is 18.2. The van der Waals surface area contributed by atoms with E-state index in [0.717, 1.165) is 39.0 Å². The second-order valence-electron chi connectivity index (χ2n) is 5.49. The Balaban J connectivity index is 1.51. The Labute approximate surface area is 122 Å². The van der Waals surface area contributed by atoms with Crippen LogP contribution in [-0.2, 0) is 11.3 Å². The Morgan fingerprint density at radius 1 is 1.30 bits per heavy atom. The molecule has 0 aliphatic carbocycles. The van der Waals surface area contributed by atoms with Gasteiger partial charge in [-0.3, -0.25) is 0 Å². The number of hydrogen-bond donors (Lipinski definition) is 1. The van der Waals surface area contributed by atoms with Gasteiger partial charge in [-0.1, -0.05) is 30.3 Å². The largest absolute Gasteiger partial charge is 0.497 e. The Hall–Kier alpha value is -1.32. The van der Waals surface area contributed by atoms with Crippen molar-refractivity contribution in [2.75, 3.05) is 26.7 Å². The van der Waals surface area contributed by atoms with Gasteiger partial charge in [0.15, 0.2) is 0 Å². The van der Waals surface area contributed by atoms with E-state index in [4.69, 9.17) is 4.74 Å². The quantitative estimate of drug-likeness (QED) is 0.738. The van der Waals surface area contributed by atoms with Crippen molar-refractivity contribution in [3.05, 3.63) is 48.2 Å². The van der Waals surface area contributed by atoms with Crippen LogP contribution in [0.3, 0.4) is 0 Å². The first-order chi connectivity index (χ1) is 9.84. The first-order valence-corrected chi connectivity index (χ1v) is 7.58. The van der Waals surface area contributed by atoms with Gasteiger partial charge in [-0.05, 0) is 51.0 Å². The van der Waals surface area contributed by atoms with Crippen molar-refractivity contribution in [3.63, 3.8) is 0 Å². The van der Waals surface area contributed by atoms with Crippen molar-refractivity contribution < 1.29 is 4.74 Å². The number of nitrogens with zero attached hydrogens (tertiary/aromatic N) is 1. The summed E-state index contributed by atoms with van der Waals surface area (Å²) in [5, 5.41) is 3.49. The Morgan fingerprint density at radius 2 is 2.15 bits per heavy atom. The van der Waals surface area contributed by atoms with Gasteiger partial charge >= 0.3 is 0 Å². The number of hydrogen-bond acceptors (Lipinski definition) is 3. The van der Waals surface area contributed by atoms with Crippen molar-refractivity contribution in [2.24, 2.45) is 0 Å². The Kier molecular flexibility index (Phi) is 6.61. The van der Waals surface area contributed by atoms with E-state index in [1.165, 1.54) is 12.0 Å². The maximum Gasteiger partial charge on any atom is 0.110 e. The van der Waals surface area contributed by atoms with Crippen molar-refractivity contribution in [1.29, 1.82) is 0 Å². The van der Waals surface area contributed by atoms with Crippen LogP contribution in [0.2, 0.25) is 0 Å². The molecule has 0 spiro atoms. The van der Waals surface area contributed by atoms with Gasteiger partial charge in [0.1, 0.15) is 6.10 Å². The van der Waals surface area contributed by atoms with Gasteiger partial charge in [-0.15, -0.1) is 0 Å². The van der Waals surface area contributed by atoms with Crippen LogP contribution in [0.1, 0.15) is 24.8 Å². The van der Waals surface area contributed by atoms with Gasteiger partial charge in [-0.2, -0.15) is 0 Å². The first kappa shape index (κ1) is 15.1. The molecule has 0 saturated carbocycles. The molecule has 0 fully saturated rings. The summed E-state index contributed by atoms with van der Waals surface area (Å²) in [4.78, 5) is 2.37. The molecular formula is C17H26N2O. The third-order valence-electron chi connectivity index (χ3n) is 3.58. The van der Waals surface area contributed by atoms with E-state index in [1.54, 1.807) is 0 Å². The lowest BCUT2D eigenvalue weighted by atomic mass is 10.1. The van der Waals surface area contributed by atoms with Gasteiger partial charge < -0.3 is 15.0 Å². The summed E-state index contributed by atoms with van der Waals surface area (Å²) >= 11 is 0. The highest BCUT2D eigenvalue weighted by Gasteiger charge is 2.09. The van der Waals surface area contributed by atoms with Gasteiger partial charge in [0.05, 0.1) is 6.26 Å². The lowest BCUT2D eigenvalue weighted by molar-refractivity contribution is 0.122. The highest BCUT2D eigenvalue weighted by molar-refractivity contribution is 5.14. The van der Waals surface area contributed by atoms with E-state index < -0.39 is 0 Å². The molecule has 2 rings (SSSR count). The molecule has 1 aliphatic heterocycles. The lowest BCUT2D eigenvalue weighted by Crippen LogP contribution is -2.31. The fourth-order valence-corrected chi connectivity index (χ4v) is 2.45. The lowest BCUT2D eigenvalue weighted by Gasteiger charge is -2.20. The van der Waals surface area contributed by atoms with Crippen molar-refractivity contribution >= 4 is 0 Å². The predicted octanol–water partition coefficient (Wildman–Crippen LogP) is 2.79. The van der Waals surface area contributed by atoms with Gasteiger partial charge in [-0.25, -0.2) is 0 Å². The summed E-state index contributed by atoms with van der Waals surface area (Å²) in [6.45, 7) is 4.17. The number of benzene rings is 1. The van der Waals surface area contributed by atoms with Crippen molar-refractivity contribution in [1.82, 2.24) is 10.2 Å². The summed E-state index contributed by atoms with van der Waals surface area (Å²) in [6, 6.07) is 10.6. The summed E-state index contributed by atoms with van der Waals surface area (Å²) in [5.41, 5.74) is 1.38. The number of rotatable bonds is 8. The molecule has 1 aromatic carbocycles. The van der Waals surface area contributed by atoms with E-state index in [-0.39, 0.29) is 0 Å². The van der Waals surface area contributed by atoms with Crippen LogP contribution in [0.5, 0.6) is 0 Å². The van der Waals surface area contributed by atoms with E-state index in [1.807, 2.05) is 6.26 Å². The highest BCUT2D eigenvalue weighted by Crippen LogP contribution is 2.08. The number of nitrogens with one attached hydrogen (secondary N) is 1. The second kappa shape index (κ2) is 8.77. The molecule has 1 aromatic rings. The summed E-state index contributed by atoms with van der Waals surface area (Å²) in [6.07, 6.45) is 7.75. The number of ether oxygens (including phenoxy) is 1. The zero-order valence-electron chi connectivity index (χ0n) is 12.4. The summed E-state index contributed by atoms with van der Waals surface area (Å²) in [5.74, 6) is 0. The minimum Gasteiger partial charge on any atom is -0.497 e. The van der Waals surface area contributed by atoms with Crippen molar-refractivity contribution in [3.8, 4) is 0 Å². The molecule has 0 bridgehead atoms. The molecule has 0 saturated heterocycles. The molecule has 1 N–H and O–H groups in total. The van der Waals surface area contributed by atoms with Crippen LogP contribution in [0, 0.1) is 0 Å². The molecule has 1 heterocycles. The minimum atomic E-state index is 0.363. The summed E-state index contributed by atoms with van der Waals surface area (Å²) < 4.78 is 5.53. The molecule has 110 valence electrons. The average Bonchev–Trinajstić information content (AvgIpc) is 2.49. The molecule has 0 aromatic heterocycles. The van der Waals surface area contributed by atoms with Gasteiger partial charge in [0, 0.05) is 13.1 Å². The highest BCUT2D eigenvalue weighted by atomic mass is 16.5. The molecule has 1 aliphatic rings. The van der Waals surface area contributed by atoms with Crippen molar-refractivity contribution in [2.45, 2.75) is 31.9 Å². The predicted molar refractivity (Wildman–Crippen MR) is 83.5 cm³/mol. The van der Waals surface area contributed by atoms with E-state index in [2.05, 4.69) is 53.7 Å². The molecule has 3 nitrogen and oxygen atoms in total. The third-order valence-corrected chi connectivity index (χ3v) is 3.58. The van der Waals surface area contributed by atoms with Crippen LogP contribution in [0.15, 0.2) is 42.7 Å². The summed E-state index contributed by atoms with van der Waals surface area (Å²) in [7, 11) is 2.18. The fraction of sp³-hybridized carbons (Fsp3) is 0.529. The van der Waals surface area contributed by atoms with Gasteiger partial charge in [0.2, 0.25) is 0 Å². The number of allylic oxidation sites excluding steroid dienone is 1. The SMILES string of the molecule is CN(CCCNCC1CCC=CO1)Cc1ccccc1. The van der Waals surface area contributed by atoms with Crippen LogP contribution in [0.25, 0.3) is 0 Å². The zero-order valence-corrected chi connectivity index (χ0v) is 12.4. The monoisotopic (exact) mass is 274 g/mol. The third kappa shape index (κ3) is 5.76. The van der Waals surface area contributed by atoms with Gasteiger partial charge in [0.25, 0.3) is 0 Å². The smallest absolute Gasteiger partial charge is 0.110 e. The van der Waals surface area contributed by atoms with Crippen LogP contribution < -0.4 is 5.32 Å². The van der Waals surface area contributed by atoms with Crippen LogP contribution in [-0.4, -0.2) is 37.7 Å². The average molecular weight is 274 g/mol. The zero-order chi connectivity index (χ0) is 14.0. The molecule has 1 atom stereocenters. The first-order valence-electron chi connectivity index (χ1n) is 7.58. The van der Waals surface area contributed by atoms with Crippen LogP contribution in [0.4, 0.5) is 0 Å². The molecule has 3 heteroatoms. The molecule has 20 heavy (non-hydrogen) atoms. The second-order valence-corrected chi connectivity index (χ2v) is 5.49. The standard InChI is InChI=1S/C17H26N2O/c1-19(15-16-8-3-2-4-9-16)12-7-11-18-14-17-10-5-6-13-20-17/h2-4,6,8-9,13,17-18H,5,7,10-12,14-15H2,1H3. The molecule has 1 unspecified atom stereocenters. The van der Waals surface area contributed by atoms with E-state index >= 15 is 0 Å².